The molecule has 0 aliphatic rings. The predicted octanol–water partition coefficient (Wildman–Crippen LogP) is 7.04. The summed E-state index contributed by atoms with van der Waals surface area (Å²) in [6, 6.07) is 6.12. The first-order chi connectivity index (χ1) is 17.5. The summed E-state index contributed by atoms with van der Waals surface area (Å²) in [5.74, 6) is 0.276. The number of phenolic OH excluding ortho intramolecular Hbond substituents is 2. The van der Waals surface area contributed by atoms with Gasteiger partial charge in [-0.05, 0) is 49.9 Å². The van der Waals surface area contributed by atoms with Crippen LogP contribution in [0, 0.1) is 0 Å². The Labute approximate surface area is 215 Å². The van der Waals surface area contributed by atoms with Crippen LogP contribution in [0.25, 0.3) is 0 Å². The molecule has 0 bridgehead atoms. The molecule has 7 nitrogen and oxygen atoms in total. The van der Waals surface area contributed by atoms with Crippen LogP contribution in [-0.2, 0) is 0 Å². The lowest BCUT2D eigenvalue weighted by atomic mass is 10.0. The van der Waals surface area contributed by atoms with Crippen LogP contribution in [0.15, 0.2) is 24.3 Å². The van der Waals surface area contributed by atoms with Gasteiger partial charge in [0, 0.05) is 11.1 Å². The summed E-state index contributed by atoms with van der Waals surface area (Å²) < 4.78 is 23.1. The number of ketones is 1. The van der Waals surface area contributed by atoms with Crippen molar-refractivity contribution in [3.63, 3.8) is 0 Å². The highest BCUT2D eigenvalue weighted by Crippen LogP contribution is 2.41. The van der Waals surface area contributed by atoms with Crippen LogP contribution < -0.4 is 18.9 Å². The number of hydrogen-bond donors (Lipinski definition) is 2. The van der Waals surface area contributed by atoms with Crippen molar-refractivity contribution in [3.05, 3.63) is 35.4 Å². The van der Waals surface area contributed by atoms with E-state index in [0.717, 1.165) is 51.4 Å². The van der Waals surface area contributed by atoms with Crippen molar-refractivity contribution >= 4 is 5.78 Å². The molecule has 0 radical (unpaired) electrons. The lowest BCUT2D eigenvalue weighted by Crippen LogP contribution is -2.07. The van der Waals surface area contributed by atoms with Crippen molar-refractivity contribution in [1.82, 2.24) is 0 Å². The molecule has 0 heterocycles. The molecular weight excluding hydrogens is 460 g/mol. The van der Waals surface area contributed by atoms with E-state index in [4.69, 9.17) is 18.9 Å². The average Bonchev–Trinajstić information content (AvgIpc) is 2.87. The normalized spacial score (nSPS) is 10.8. The number of carbonyl (C=O) groups excluding carboxylic acids is 1. The van der Waals surface area contributed by atoms with Crippen LogP contribution in [-0.4, -0.2) is 42.4 Å². The molecule has 0 saturated carbocycles. The molecule has 0 atom stereocenters. The molecule has 7 heteroatoms. The molecule has 2 aromatic rings. The third-order valence-corrected chi connectivity index (χ3v) is 5.63. The van der Waals surface area contributed by atoms with E-state index in [2.05, 4.69) is 0 Å². The van der Waals surface area contributed by atoms with E-state index in [1.165, 1.54) is 24.3 Å². The Morgan fingerprint density at radius 3 is 1.03 bits per heavy atom. The van der Waals surface area contributed by atoms with Crippen LogP contribution >= 0.6 is 0 Å². The summed E-state index contributed by atoms with van der Waals surface area (Å²) in [4.78, 5) is 13.6. The third-order valence-electron chi connectivity index (χ3n) is 5.63. The fraction of sp³-hybridized carbons (Fsp3) is 0.552. The van der Waals surface area contributed by atoms with Crippen molar-refractivity contribution < 1.29 is 34.0 Å². The molecule has 2 rings (SSSR count). The first-order valence-corrected chi connectivity index (χ1v) is 13.3. The van der Waals surface area contributed by atoms with E-state index in [0.29, 0.717) is 37.6 Å². The smallest absolute Gasteiger partial charge is 0.200 e. The largest absolute Gasteiger partial charge is 0.502 e. The highest BCUT2D eigenvalue weighted by Gasteiger charge is 2.21. The van der Waals surface area contributed by atoms with E-state index < -0.39 is 0 Å². The summed E-state index contributed by atoms with van der Waals surface area (Å²) in [7, 11) is 0. The van der Waals surface area contributed by atoms with Gasteiger partial charge in [0.05, 0.1) is 26.4 Å². The number of phenols is 2. The molecule has 36 heavy (non-hydrogen) atoms. The monoisotopic (exact) mass is 502 g/mol. The first-order valence-electron chi connectivity index (χ1n) is 13.3. The zero-order valence-corrected chi connectivity index (χ0v) is 22.2. The van der Waals surface area contributed by atoms with Gasteiger partial charge < -0.3 is 29.2 Å². The average molecular weight is 503 g/mol. The Morgan fingerprint density at radius 1 is 0.556 bits per heavy atom. The number of carbonyl (C=O) groups is 1. The van der Waals surface area contributed by atoms with Gasteiger partial charge in [-0.1, -0.05) is 53.4 Å². The predicted molar refractivity (Wildman–Crippen MR) is 141 cm³/mol. The first kappa shape index (κ1) is 29.1. The van der Waals surface area contributed by atoms with E-state index >= 15 is 0 Å². The maximum atomic E-state index is 13.6. The quantitative estimate of drug-likeness (QED) is 0.167. The minimum Gasteiger partial charge on any atom is -0.502 e. The van der Waals surface area contributed by atoms with Crippen LogP contribution in [0.5, 0.6) is 34.5 Å². The van der Waals surface area contributed by atoms with Gasteiger partial charge in [0.1, 0.15) is 0 Å². The number of aromatic hydroxyl groups is 2. The van der Waals surface area contributed by atoms with Crippen LogP contribution in [0.3, 0.4) is 0 Å². The number of ether oxygens (including phenoxy) is 4. The summed E-state index contributed by atoms with van der Waals surface area (Å²) in [6.07, 6.45) is 7.03. The molecule has 2 N–H and O–H groups in total. The molecule has 200 valence electrons. The van der Waals surface area contributed by atoms with Gasteiger partial charge in [-0.25, -0.2) is 0 Å². The number of rotatable bonds is 18. The van der Waals surface area contributed by atoms with Gasteiger partial charge in [0.25, 0.3) is 0 Å². The van der Waals surface area contributed by atoms with Crippen LogP contribution in [0.4, 0.5) is 0 Å². The molecule has 0 spiro atoms. The molecular formula is C29H42O7. The van der Waals surface area contributed by atoms with E-state index in [-0.39, 0.29) is 40.3 Å². The minimum absolute atomic E-state index is 0.114. The minimum atomic E-state index is -0.323. The Bertz CT molecular complexity index is 817. The van der Waals surface area contributed by atoms with E-state index in [1.807, 2.05) is 27.7 Å². The van der Waals surface area contributed by atoms with Gasteiger partial charge in [0.15, 0.2) is 28.8 Å². The Balaban J connectivity index is 2.46. The molecule has 0 saturated heterocycles. The van der Waals surface area contributed by atoms with E-state index in [9.17, 15) is 15.0 Å². The second-order valence-electron chi connectivity index (χ2n) is 8.78. The lowest BCUT2D eigenvalue weighted by Gasteiger charge is -2.16. The van der Waals surface area contributed by atoms with Gasteiger partial charge >= 0.3 is 0 Å². The zero-order chi connectivity index (χ0) is 26.3. The molecule has 0 unspecified atom stereocenters. The van der Waals surface area contributed by atoms with E-state index in [1.54, 1.807) is 0 Å². The highest BCUT2D eigenvalue weighted by atomic mass is 16.5. The van der Waals surface area contributed by atoms with Crippen molar-refractivity contribution in [1.29, 1.82) is 0 Å². The fourth-order valence-electron chi connectivity index (χ4n) is 3.34. The Hall–Kier alpha value is -3.09. The third kappa shape index (κ3) is 8.54. The van der Waals surface area contributed by atoms with Crippen LogP contribution in [0.2, 0.25) is 0 Å². The molecule has 0 fully saturated rings. The Morgan fingerprint density at radius 2 is 0.806 bits per heavy atom. The van der Waals surface area contributed by atoms with Crippen molar-refractivity contribution in [2.75, 3.05) is 26.4 Å². The van der Waals surface area contributed by atoms with Crippen molar-refractivity contribution in [3.8, 4) is 34.5 Å². The summed E-state index contributed by atoms with van der Waals surface area (Å²) in [5, 5.41) is 21.4. The number of benzene rings is 2. The van der Waals surface area contributed by atoms with Crippen molar-refractivity contribution in [2.45, 2.75) is 79.1 Å². The molecule has 2 aromatic carbocycles. The number of hydrogen-bond acceptors (Lipinski definition) is 7. The maximum Gasteiger partial charge on any atom is 0.200 e. The van der Waals surface area contributed by atoms with Gasteiger partial charge in [0.2, 0.25) is 11.5 Å². The summed E-state index contributed by atoms with van der Waals surface area (Å²) in [6.45, 7) is 9.86. The second-order valence-corrected chi connectivity index (χ2v) is 8.78. The highest BCUT2D eigenvalue weighted by molar-refractivity contribution is 6.10. The van der Waals surface area contributed by atoms with Gasteiger partial charge in [-0.15, -0.1) is 0 Å². The zero-order valence-electron chi connectivity index (χ0n) is 22.2. The van der Waals surface area contributed by atoms with Crippen molar-refractivity contribution in [2.24, 2.45) is 0 Å². The summed E-state index contributed by atoms with van der Waals surface area (Å²) in [5.41, 5.74) is 0.603. The fourth-order valence-corrected chi connectivity index (χ4v) is 3.34. The molecule has 0 aliphatic carbocycles. The Kier molecular flexibility index (Phi) is 12.8. The molecule has 0 aliphatic heterocycles. The topological polar surface area (TPSA) is 94.5 Å². The van der Waals surface area contributed by atoms with Gasteiger partial charge in [-0.2, -0.15) is 0 Å². The SMILES string of the molecule is CCCCOc1cc(C(=O)c2cc(OCCCC)c(O)c(OCCCC)c2)cc(OCCCC)c1O. The van der Waals surface area contributed by atoms with Gasteiger partial charge in [-0.3, -0.25) is 4.79 Å². The standard InChI is InChI=1S/C29H42O7/c1-5-9-13-33-23-17-21(18-24(28(23)31)34-14-10-6-2)27(30)22-19-25(35-15-11-7-3)29(32)26(20-22)36-16-12-8-4/h17-20,31-32H,5-16H2,1-4H3. The lowest BCUT2D eigenvalue weighted by molar-refractivity contribution is 0.103. The maximum absolute atomic E-state index is 13.6. The summed E-state index contributed by atoms with van der Waals surface area (Å²) >= 11 is 0. The molecule has 0 amide bonds. The second kappa shape index (κ2) is 15.8. The number of unbranched alkanes of at least 4 members (excludes halogenated alkanes) is 4. The van der Waals surface area contributed by atoms with Crippen LogP contribution in [0.1, 0.15) is 95.0 Å². The molecule has 0 aromatic heterocycles.